The molecular weight excluding hydrogens is 250 g/mol. The molecule has 2 rings (SSSR count). The van der Waals surface area contributed by atoms with E-state index in [4.69, 9.17) is 4.74 Å². The summed E-state index contributed by atoms with van der Waals surface area (Å²) in [6.07, 6.45) is 7.86. The standard InChI is InChI=1S/C17H27NO2/c1-2-16(15-10-6-7-11-17(15)19)18-12-13-20-14-8-4-3-5-9-14/h6-7,10-11,14,16,18-19H,2-5,8-9,12-13H2,1H3. The summed E-state index contributed by atoms with van der Waals surface area (Å²) < 4.78 is 5.92. The molecule has 3 heteroatoms. The maximum atomic E-state index is 9.90. The number of nitrogens with one attached hydrogen (secondary N) is 1. The summed E-state index contributed by atoms with van der Waals surface area (Å²) in [5, 5.41) is 13.4. The molecule has 1 fully saturated rings. The average molecular weight is 277 g/mol. The van der Waals surface area contributed by atoms with E-state index in [9.17, 15) is 5.11 Å². The van der Waals surface area contributed by atoms with Crippen LogP contribution in [0.4, 0.5) is 0 Å². The lowest BCUT2D eigenvalue weighted by Gasteiger charge is -2.23. The number of aromatic hydroxyl groups is 1. The highest BCUT2D eigenvalue weighted by Gasteiger charge is 2.15. The predicted molar refractivity (Wildman–Crippen MR) is 82.0 cm³/mol. The van der Waals surface area contributed by atoms with Gasteiger partial charge in [0, 0.05) is 18.2 Å². The van der Waals surface area contributed by atoms with Gasteiger partial charge in [-0.3, -0.25) is 0 Å². The summed E-state index contributed by atoms with van der Waals surface area (Å²) in [6.45, 7) is 3.73. The first-order valence-corrected chi connectivity index (χ1v) is 7.94. The summed E-state index contributed by atoms with van der Waals surface area (Å²) in [5.41, 5.74) is 0.979. The van der Waals surface area contributed by atoms with Crippen molar-refractivity contribution in [2.45, 2.75) is 57.6 Å². The van der Waals surface area contributed by atoms with Gasteiger partial charge in [-0.15, -0.1) is 0 Å². The van der Waals surface area contributed by atoms with E-state index in [2.05, 4.69) is 12.2 Å². The van der Waals surface area contributed by atoms with Crippen LogP contribution in [0.1, 0.15) is 57.1 Å². The van der Waals surface area contributed by atoms with Gasteiger partial charge in [0.25, 0.3) is 0 Å². The highest BCUT2D eigenvalue weighted by Crippen LogP contribution is 2.25. The van der Waals surface area contributed by atoms with Crippen LogP contribution >= 0.6 is 0 Å². The van der Waals surface area contributed by atoms with E-state index in [1.54, 1.807) is 6.07 Å². The van der Waals surface area contributed by atoms with Crippen LogP contribution in [-0.2, 0) is 4.74 Å². The summed E-state index contributed by atoms with van der Waals surface area (Å²) >= 11 is 0. The molecule has 1 aliphatic rings. The summed E-state index contributed by atoms with van der Waals surface area (Å²) in [5.74, 6) is 0.375. The first-order valence-electron chi connectivity index (χ1n) is 7.94. The maximum Gasteiger partial charge on any atom is 0.120 e. The molecule has 0 amide bonds. The Balaban J connectivity index is 1.72. The summed E-state index contributed by atoms with van der Waals surface area (Å²) in [7, 11) is 0. The normalized spacial score (nSPS) is 18.1. The van der Waals surface area contributed by atoms with Crippen molar-refractivity contribution in [3.63, 3.8) is 0 Å². The van der Waals surface area contributed by atoms with Gasteiger partial charge in [0.15, 0.2) is 0 Å². The second-order valence-corrected chi connectivity index (χ2v) is 5.60. The molecule has 0 spiro atoms. The third kappa shape index (κ3) is 4.50. The number of hydrogen-bond acceptors (Lipinski definition) is 3. The van der Waals surface area contributed by atoms with Crippen molar-refractivity contribution in [2.24, 2.45) is 0 Å². The molecule has 1 aromatic carbocycles. The molecular formula is C17H27NO2. The molecule has 0 heterocycles. The molecule has 2 N–H and O–H groups in total. The molecule has 0 aromatic heterocycles. The van der Waals surface area contributed by atoms with Crippen LogP contribution in [0.3, 0.4) is 0 Å². The highest BCUT2D eigenvalue weighted by molar-refractivity contribution is 5.34. The van der Waals surface area contributed by atoms with Gasteiger partial charge in [-0.05, 0) is 25.3 Å². The Hall–Kier alpha value is -1.06. The van der Waals surface area contributed by atoms with Crippen LogP contribution in [0.25, 0.3) is 0 Å². The van der Waals surface area contributed by atoms with E-state index in [0.717, 1.165) is 25.1 Å². The van der Waals surface area contributed by atoms with Crippen LogP contribution in [0.5, 0.6) is 5.75 Å². The third-order valence-electron chi connectivity index (χ3n) is 4.12. The monoisotopic (exact) mass is 277 g/mol. The number of benzene rings is 1. The quantitative estimate of drug-likeness (QED) is 0.745. The lowest BCUT2D eigenvalue weighted by molar-refractivity contribution is 0.0293. The van der Waals surface area contributed by atoms with Crippen molar-refractivity contribution >= 4 is 0 Å². The van der Waals surface area contributed by atoms with Gasteiger partial charge in [0.05, 0.1) is 12.7 Å². The van der Waals surface area contributed by atoms with E-state index in [1.165, 1.54) is 32.1 Å². The Morgan fingerprint density at radius 2 is 2.00 bits per heavy atom. The molecule has 0 bridgehead atoms. The molecule has 20 heavy (non-hydrogen) atoms. The van der Waals surface area contributed by atoms with Crippen molar-refractivity contribution < 1.29 is 9.84 Å². The van der Waals surface area contributed by atoms with Crippen LogP contribution in [0.2, 0.25) is 0 Å². The van der Waals surface area contributed by atoms with Crippen LogP contribution in [0.15, 0.2) is 24.3 Å². The van der Waals surface area contributed by atoms with E-state index >= 15 is 0 Å². The van der Waals surface area contributed by atoms with Crippen LogP contribution < -0.4 is 5.32 Å². The van der Waals surface area contributed by atoms with Gasteiger partial charge in [0.2, 0.25) is 0 Å². The lowest BCUT2D eigenvalue weighted by Crippen LogP contribution is -2.27. The first-order chi connectivity index (χ1) is 9.81. The minimum atomic E-state index is 0.200. The highest BCUT2D eigenvalue weighted by atomic mass is 16.5. The Bertz CT molecular complexity index is 388. The molecule has 0 aliphatic heterocycles. The minimum Gasteiger partial charge on any atom is -0.508 e. The molecule has 112 valence electrons. The number of phenolic OH excluding ortho intramolecular Hbond substituents is 1. The third-order valence-corrected chi connectivity index (χ3v) is 4.12. The second-order valence-electron chi connectivity index (χ2n) is 5.60. The van der Waals surface area contributed by atoms with E-state index in [0.29, 0.717) is 11.9 Å². The van der Waals surface area contributed by atoms with Crippen molar-refractivity contribution in [1.29, 1.82) is 0 Å². The second kappa shape index (κ2) is 8.28. The zero-order valence-electron chi connectivity index (χ0n) is 12.5. The fourth-order valence-corrected chi connectivity index (χ4v) is 2.95. The van der Waals surface area contributed by atoms with Gasteiger partial charge in [-0.2, -0.15) is 0 Å². The Labute approximate surface area is 122 Å². The average Bonchev–Trinajstić information content (AvgIpc) is 2.50. The fraction of sp³-hybridized carbons (Fsp3) is 0.647. The van der Waals surface area contributed by atoms with Crippen LogP contribution in [0, 0.1) is 0 Å². The van der Waals surface area contributed by atoms with E-state index < -0.39 is 0 Å². The largest absolute Gasteiger partial charge is 0.508 e. The van der Waals surface area contributed by atoms with Gasteiger partial charge >= 0.3 is 0 Å². The number of para-hydroxylation sites is 1. The Morgan fingerprint density at radius 1 is 1.25 bits per heavy atom. The number of phenols is 1. The van der Waals surface area contributed by atoms with Crippen molar-refractivity contribution in [3.8, 4) is 5.75 Å². The predicted octanol–water partition coefficient (Wildman–Crippen LogP) is 3.78. The SMILES string of the molecule is CCC(NCCOC1CCCCC1)c1ccccc1O. The van der Waals surface area contributed by atoms with Gasteiger partial charge < -0.3 is 15.2 Å². The van der Waals surface area contributed by atoms with Crippen LogP contribution in [-0.4, -0.2) is 24.4 Å². The number of ether oxygens (including phenoxy) is 1. The number of hydrogen-bond donors (Lipinski definition) is 2. The molecule has 1 aromatic rings. The Morgan fingerprint density at radius 3 is 2.70 bits per heavy atom. The smallest absolute Gasteiger partial charge is 0.120 e. The van der Waals surface area contributed by atoms with E-state index in [1.807, 2.05) is 18.2 Å². The molecule has 3 nitrogen and oxygen atoms in total. The zero-order valence-corrected chi connectivity index (χ0v) is 12.5. The molecule has 1 saturated carbocycles. The van der Waals surface area contributed by atoms with Crippen molar-refractivity contribution in [1.82, 2.24) is 5.32 Å². The molecule has 1 aliphatic carbocycles. The zero-order chi connectivity index (χ0) is 14.2. The Kier molecular flexibility index (Phi) is 6.34. The summed E-state index contributed by atoms with van der Waals surface area (Å²) in [4.78, 5) is 0. The van der Waals surface area contributed by atoms with Gasteiger partial charge in [-0.25, -0.2) is 0 Å². The van der Waals surface area contributed by atoms with Crippen molar-refractivity contribution in [3.05, 3.63) is 29.8 Å². The topological polar surface area (TPSA) is 41.5 Å². The number of rotatable bonds is 7. The summed E-state index contributed by atoms with van der Waals surface area (Å²) in [6, 6.07) is 7.76. The first kappa shape index (κ1) is 15.3. The van der Waals surface area contributed by atoms with Gasteiger partial charge in [-0.1, -0.05) is 44.4 Å². The molecule has 0 radical (unpaired) electrons. The molecule has 1 atom stereocenters. The van der Waals surface area contributed by atoms with Crippen molar-refractivity contribution in [2.75, 3.05) is 13.2 Å². The lowest BCUT2D eigenvalue weighted by atomic mass is 9.98. The van der Waals surface area contributed by atoms with Gasteiger partial charge in [0.1, 0.15) is 5.75 Å². The van der Waals surface area contributed by atoms with E-state index in [-0.39, 0.29) is 6.04 Å². The fourth-order valence-electron chi connectivity index (χ4n) is 2.95. The molecule has 0 saturated heterocycles. The minimum absolute atomic E-state index is 0.200. The maximum absolute atomic E-state index is 9.90. The molecule has 1 unspecified atom stereocenters.